The lowest BCUT2D eigenvalue weighted by Gasteiger charge is -2.16. The highest BCUT2D eigenvalue weighted by molar-refractivity contribution is 7.86. The van der Waals surface area contributed by atoms with Crippen molar-refractivity contribution in [2.75, 3.05) is 6.26 Å². The van der Waals surface area contributed by atoms with Crippen molar-refractivity contribution in [3.63, 3.8) is 0 Å². The van der Waals surface area contributed by atoms with Crippen molar-refractivity contribution >= 4 is 10.1 Å². The SMILES string of the molecule is CCc1nc(C#N)c(OS(C)(=O)=O)c(CC)c1CC. The average molecular weight is 282 g/mol. The number of nitrogens with zero attached hydrogens (tertiary/aromatic N) is 2. The van der Waals surface area contributed by atoms with Gasteiger partial charge in [-0.25, -0.2) is 4.98 Å². The molecular formula is C13H18N2O3S. The molecule has 19 heavy (non-hydrogen) atoms. The van der Waals surface area contributed by atoms with Crippen LogP contribution in [-0.2, 0) is 29.4 Å². The quantitative estimate of drug-likeness (QED) is 0.771. The summed E-state index contributed by atoms with van der Waals surface area (Å²) in [5.74, 6) is 0.0848. The molecule has 0 aliphatic heterocycles. The Labute approximate surface area is 114 Å². The van der Waals surface area contributed by atoms with Crippen LogP contribution >= 0.6 is 0 Å². The zero-order valence-corrected chi connectivity index (χ0v) is 12.5. The van der Waals surface area contributed by atoms with Crippen LogP contribution in [-0.4, -0.2) is 19.7 Å². The largest absolute Gasteiger partial charge is 0.379 e. The van der Waals surface area contributed by atoms with Gasteiger partial charge in [0, 0.05) is 11.3 Å². The normalized spacial score (nSPS) is 11.1. The van der Waals surface area contributed by atoms with Gasteiger partial charge in [-0.05, 0) is 24.8 Å². The highest BCUT2D eigenvalue weighted by atomic mass is 32.2. The molecule has 1 rings (SSSR count). The molecule has 0 radical (unpaired) electrons. The second-order valence-electron chi connectivity index (χ2n) is 4.15. The van der Waals surface area contributed by atoms with Gasteiger partial charge < -0.3 is 4.18 Å². The van der Waals surface area contributed by atoms with E-state index in [1.54, 1.807) is 0 Å². The summed E-state index contributed by atoms with van der Waals surface area (Å²) in [6.07, 6.45) is 2.99. The minimum absolute atomic E-state index is 0.0383. The average Bonchev–Trinajstić information content (AvgIpc) is 2.35. The fourth-order valence-corrected chi connectivity index (χ4v) is 2.59. The first-order valence-electron chi connectivity index (χ1n) is 6.22. The highest BCUT2D eigenvalue weighted by Gasteiger charge is 2.21. The summed E-state index contributed by atoms with van der Waals surface area (Å²) < 4.78 is 27.6. The summed E-state index contributed by atoms with van der Waals surface area (Å²) in [6.45, 7) is 5.84. The number of hydrogen-bond donors (Lipinski definition) is 0. The van der Waals surface area contributed by atoms with Crippen molar-refractivity contribution in [2.24, 2.45) is 0 Å². The van der Waals surface area contributed by atoms with Crippen LogP contribution in [0.4, 0.5) is 0 Å². The van der Waals surface area contributed by atoms with Crippen LogP contribution in [0.2, 0.25) is 0 Å². The Kier molecular flexibility index (Phi) is 4.90. The summed E-state index contributed by atoms with van der Waals surface area (Å²) in [4.78, 5) is 4.22. The van der Waals surface area contributed by atoms with Gasteiger partial charge in [0.25, 0.3) is 0 Å². The van der Waals surface area contributed by atoms with Gasteiger partial charge in [0.15, 0.2) is 11.4 Å². The number of aryl methyl sites for hydroxylation is 1. The van der Waals surface area contributed by atoms with E-state index in [0.29, 0.717) is 12.8 Å². The van der Waals surface area contributed by atoms with Crippen molar-refractivity contribution in [1.82, 2.24) is 4.98 Å². The molecule has 0 amide bonds. The summed E-state index contributed by atoms with van der Waals surface area (Å²) in [6, 6.07) is 1.92. The molecule has 0 atom stereocenters. The monoisotopic (exact) mass is 282 g/mol. The van der Waals surface area contributed by atoms with Gasteiger partial charge in [0.2, 0.25) is 0 Å². The molecule has 5 nitrogen and oxygen atoms in total. The maximum atomic E-state index is 11.3. The Balaban J connectivity index is 3.64. The Morgan fingerprint density at radius 3 is 2.11 bits per heavy atom. The minimum Gasteiger partial charge on any atom is -0.379 e. The number of nitriles is 1. The van der Waals surface area contributed by atoms with Crippen molar-refractivity contribution in [3.05, 3.63) is 22.5 Å². The molecule has 0 saturated carbocycles. The van der Waals surface area contributed by atoms with E-state index in [9.17, 15) is 8.42 Å². The Morgan fingerprint density at radius 2 is 1.74 bits per heavy atom. The van der Waals surface area contributed by atoms with Crippen LogP contribution in [0, 0.1) is 11.3 Å². The fraction of sp³-hybridized carbons (Fsp3) is 0.538. The number of aromatic nitrogens is 1. The van der Waals surface area contributed by atoms with Crippen molar-refractivity contribution < 1.29 is 12.6 Å². The van der Waals surface area contributed by atoms with E-state index in [1.807, 2.05) is 26.8 Å². The zero-order chi connectivity index (χ0) is 14.6. The molecule has 0 fully saturated rings. The second kappa shape index (κ2) is 6.02. The van der Waals surface area contributed by atoms with E-state index in [0.717, 1.165) is 29.5 Å². The third kappa shape index (κ3) is 3.44. The highest BCUT2D eigenvalue weighted by Crippen LogP contribution is 2.30. The Bertz CT molecular complexity index is 616. The molecule has 0 spiro atoms. The molecule has 0 aliphatic rings. The maximum absolute atomic E-state index is 11.3. The summed E-state index contributed by atoms with van der Waals surface area (Å²) >= 11 is 0. The van der Waals surface area contributed by atoms with Gasteiger partial charge in [-0.15, -0.1) is 0 Å². The van der Waals surface area contributed by atoms with E-state index in [2.05, 4.69) is 4.98 Å². The van der Waals surface area contributed by atoms with E-state index in [-0.39, 0.29) is 11.4 Å². The van der Waals surface area contributed by atoms with Crippen LogP contribution in [0.1, 0.15) is 43.3 Å². The molecule has 0 bridgehead atoms. The van der Waals surface area contributed by atoms with Crippen molar-refractivity contribution in [3.8, 4) is 11.8 Å². The lowest BCUT2D eigenvalue weighted by atomic mass is 9.98. The maximum Gasteiger partial charge on any atom is 0.306 e. The van der Waals surface area contributed by atoms with Gasteiger partial charge in [0.1, 0.15) is 6.07 Å². The molecular weight excluding hydrogens is 264 g/mol. The lowest BCUT2D eigenvalue weighted by Crippen LogP contribution is -2.13. The Hall–Kier alpha value is -1.61. The predicted octanol–water partition coefficient (Wildman–Crippen LogP) is 1.98. The van der Waals surface area contributed by atoms with Gasteiger partial charge in [-0.3, -0.25) is 0 Å². The van der Waals surface area contributed by atoms with Gasteiger partial charge >= 0.3 is 10.1 Å². The van der Waals surface area contributed by atoms with E-state index < -0.39 is 10.1 Å². The lowest BCUT2D eigenvalue weighted by molar-refractivity contribution is 0.486. The van der Waals surface area contributed by atoms with Gasteiger partial charge in [-0.2, -0.15) is 13.7 Å². The van der Waals surface area contributed by atoms with Crippen LogP contribution in [0.5, 0.6) is 5.75 Å². The van der Waals surface area contributed by atoms with Gasteiger partial charge in [0.05, 0.1) is 6.26 Å². The van der Waals surface area contributed by atoms with Crippen molar-refractivity contribution in [1.29, 1.82) is 5.26 Å². The number of rotatable bonds is 5. The third-order valence-electron chi connectivity index (χ3n) is 2.83. The Morgan fingerprint density at radius 1 is 1.16 bits per heavy atom. The summed E-state index contributed by atoms with van der Waals surface area (Å²) in [5.41, 5.74) is 2.60. The molecule has 0 aromatic carbocycles. The van der Waals surface area contributed by atoms with Crippen LogP contribution in [0.15, 0.2) is 0 Å². The first kappa shape index (κ1) is 15.4. The summed E-state index contributed by atoms with van der Waals surface area (Å²) in [7, 11) is -3.68. The molecule has 104 valence electrons. The van der Waals surface area contributed by atoms with Crippen molar-refractivity contribution in [2.45, 2.75) is 40.0 Å². The van der Waals surface area contributed by atoms with Crippen LogP contribution in [0.25, 0.3) is 0 Å². The fourth-order valence-electron chi connectivity index (χ4n) is 2.11. The molecule has 1 heterocycles. The first-order valence-corrected chi connectivity index (χ1v) is 8.03. The van der Waals surface area contributed by atoms with Gasteiger partial charge in [-0.1, -0.05) is 20.8 Å². The van der Waals surface area contributed by atoms with E-state index >= 15 is 0 Å². The zero-order valence-electron chi connectivity index (χ0n) is 11.6. The van der Waals surface area contributed by atoms with Crippen LogP contribution < -0.4 is 4.18 Å². The smallest absolute Gasteiger partial charge is 0.306 e. The molecule has 0 N–H and O–H groups in total. The number of hydrogen-bond acceptors (Lipinski definition) is 5. The molecule has 1 aromatic rings. The molecule has 1 aromatic heterocycles. The molecule has 6 heteroatoms. The topological polar surface area (TPSA) is 80.0 Å². The summed E-state index contributed by atoms with van der Waals surface area (Å²) in [5, 5.41) is 9.13. The van der Waals surface area contributed by atoms with E-state index in [4.69, 9.17) is 9.44 Å². The number of pyridine rings is 1. The van der Waals surface area contributed by atoms with Crippen LogP contribution in [0.3, 0.4) is 0 Å². The third-order valence-corrected chi connectivity index (χ3v) is 3.30. The molecule has 0 unspecified atom stereocenters. The second-order valence-corrected chi connectivity index (χ2v) is 5.73. The first-order chi connectivity index (χ1) is 8.87. The minimum atomic E-state index is -3.68. The standard InChI is InChI=1S/C13H18N2O3S/c1-5-9-10(6-2)13(18-19(4,16)17)12(8-14)15-11(9)7-3/h5-7H2,1-4H3. The predicted molar refractivity (Wildman–Crippen MR) is 72.6 cm³/mol. The molecule has 0 saturated heterocycles. The van der Waals surface area contributed by atoms with E-state index in [1.165, 1.54) is 0 Å². The molecule has 0 aliphatic carbocycles.